The zero-order valence-corrected chi connectivity index (χ0v) is 16.2. The third-order valence-electron chi connectivity index (χ3n) is 5.97. The van der Waals surface area contributed by atoms with Crippen LogP contribution >= 0.6 is 0 Å². The van der Waals surface area contributed by atoms with Crippen LogP contribution in [0.5, 0.6) is 0 Å². The first-order valence-electron chi connectivity index (χ1n) is 10.5. The summed E-state index contributed by atoms with van der Waals surface area (Å²) in [5.74, 6) is 2.15. The van der Waals surface area contributed by atoms with Crippen molar-refractivity contribution in [2.24, 2.45) is 0 Å². The molecule has 2 aliphatic heterocycles. The average Bonchev–Trinajstić information content (AvgIpc) is 3.53. The Morgan fingerprint density at radius 1 is 0.786 bits per heavy atom. The predicted molar refractivity (Wildman–Crippen MR) is 110 cm³/mol. The number of aryl methyl sites for hydroxylation is 2. The highest BCUT2D eigenvalue weighted by atomic mass is 15.0. The van der Waals surface area contributed by atoms with E-state index in [-0.39, 0.29) is 0 Å². The Bertz CT molecular complexity index is 897. The standard InChI is InChI=1S/C22H28N6/c1-3-18(23-11-1)21-25-13-17(27-21)10-7-15-5-8-16(9-6-15)20-14-26-22(28-20)19-4-2-12-24-19/h5-6,8-9,13-14,18-19,23-24H,1-4,7,10-12H2,(H,25,27)(H,26,28)/t18-,19-/m0/s1. The highest BCUT2D eigenvalue weighted by Crippen LogP contribution is 2.25. The van der Waals surface area contributed by atoms with Crippen LogP contribution in [-0.4, -0.2) is 33.0 Å². The van der Waals surface area contributed by atoms with Gasteiger partial charge in [0.05, 0.1) is 24.0 Å². The molecule has 5 rings (SSSR count). The zero-order chi connectivity index (χ0) is 18.8. The number of aromatic nitrogens is 4. The van der Waals surface area contributed by atoms with Gasteiger partial charge in [0.15, 0.2) is 0 Å². The molecule has 2 aliphatic rings. The molecule has 6 heteroatoms. The maximum absolute atomic E-state index is 4.57. The van der Waals surface area contributed by atoms with Crippen LogP contribution in [0, 0.1) is 0 Å². The van der Waals surface area contributed by atoms with E-state index in [9.17, 15) is 0 Å². The zero-order valence-electron chi connectivity index (χ0n) is 16.2. The van der Waals surface area contributed by atoms with Crippen LogP contribution in [0.2, 0.25) is 0 Å². The molecule has 0 spiro atoms. The molecular weight excluding hydrogens is 348 g/mol. The Morgan fingerprint density at radius 3 is 2.14 bits per heavy atom. The van der Waals surface area contributed by atoms with E-state index in [1.165, 1.54) is 36.1 Å². The quantitative estimate of drug-likeness (QED) is 0.531. The number of aromatic amines is 2. The van der Waals surface area contributed by atoms with Crippen molar-refractivity contribution in [1.29, 1.82) is 0 Å². The Morgan fingerprint density at radius 2 is 1.46 bits per heavy atom. The fourth-order valence-corrected chi connectivity index (χ4v) is 4.31. The summed E-state index contributed by atoms with van der Waals surface area (Å²) in [7, 11) is 0. The normalized spacial score (nSPS) is 22.1. The van der Waals surface area contributed by atoms with E-state index < -0.39 is 0 Å². The molecule has 6 nitrogen and oxygen atoms in total. The van der Waals surface area contributed by atoms with Crippen LogP contribution in [0.25, 0.3) is 11.3 Å². The summed E-state index contributed by atoms with van der Waals surface area (Å²) in [6.07, 6.45) is 10.8. The lowest BCUT2D eigenvalue weighted by Gasteiger charge is -2.06. The third-order valence-corrected chi connectivity index (χ3v) is 5.97. The molecule has 0 bridgehead atoms. The van der Waals surface area contributed by atoms with Crippen molar-refractivity contribution in [3.63, 3.8) is 0 Å². The second-order valence-corrected chi connectivity index (χ2v) is 7.97. The molecule has 0 unspecified atom stereocenters. The van der Waals surface area contributed by atoms with Crippen molar-refractivity contribution < 1.29 is 0 Å². The van der Waals surface area contributed by atoms with Gasteiger partial charge in [0, 0.05) is 11.9 Å². The molecule has 1 aromatic carbocycles. The van der Waals surface area contributed by atoms with Gasteiger partial charge in [-0.2, -0.15) is 0 Å². The van der Waals surface area contributed by atoms with E-state index in [1.807, 2.05) is 12.4 Å². The van der Waals surface area contributed by atoms with Gasteiger partial charge in [-0.25, -0.2) is 9.97 Å². The minimum Gasteiger partial charge on any atom is -0.345 e. The monoisotopic (exact) mass is 376 g/mol. The second kappa shape index (κ2) is 7.89. The lowest BCUT2D eigenvalue weighted by Crippen LogP contribution is -2.14. The first kappa shape index (κ1) is 17.6. The molecule has 2 saturated heterocycles. The van der Waals surface area contributed by atoms with Gasteiger partial charge in [-0.15, -0.1) is 0 Å². The minimum absolute atomic E-state index is 0.381. The number of H-pyrrole nitrogens is 2. The Balaban J connectivity index is 1.19. The molecule has 28 heavy (non-hydrogen) atoms. The van der Waals surface area contributed by atoms with E-state index >= 15 is 0 Å². The number of hydrogen-bond acceptors (Lipinski definition) is 4. The van der Waals surface area contributed by atoms with Gasteiger partial charge in [0.2, 0.25) is 0 Å². The van der Waals surface area contributed by atoms with Crippen LogP contribution in [-0.2, 0) is 12.8 Å². The first-order chi connectivity index (χ1) is 13.8. The summed E-state index contributed by atoms with van der Waals surface area (Å²) >= 11 is 0. The molecule has 4 heterocycles. The summed E-state index contributed by atoms with van der Waals surface area (Å²) in [4.78, 5) is 16.1. The molecule has 4 N–H and O–H groups in total. The van der Waals surface area contributed by atoms with Gasteiger partial charge in [-0.05, 0) is 62.7 Å². The Kier molecular flexibility index (Phi) is 4.97. The van der Waals surface area contributed by atoms with Crippen molar-refractivity contribution in [2.75, 3.05) is 13.1 Å². The third kappa shape index (κ3) is 3.75. The molecule has 146 valence electrons. The van der Waals surface area contributed by atoms with Crippen LogP contribution in [0.4, 0.5) is 0 Å². The predicted octanol–water partition coefficient (Wildman–Crippen LogP) is 3.43. The lowest BCUT2D eigenvalue weighted by atomic mass is 10.1. The van der Waals surface area contributed by atoms with Gasteiger partial charge < -0.3 is 20.6 Å². The fraction of sp³-hybridized carbons (Fsp3) is 0.455. The summed E-state index contributed by atoms with van der Waals surface area (Å²) in [5.41, 5.74) is 4.85. The number of benzene rings is 1. The summed E-state index contributed by atoms with van der Waals surface area (Å²) in [6, 6.07) is 9.61. The molecular formula is C22H28N6. The number of imidazole rings is 2. The fourth-order valence-electron chi connectivity index (χ4n) is 4.31. The van der Waals surface area contributed by atoms with E-state index in [2.05, 4.69) is 54.8 Å². The second-order valence-electron chi connectivity index (χ2n) is 7.97. The molecule has 3 aromatic rings. The average molecular weight is 377 g/mol. The Labute approximate surface area is 165 Å². The molecule has 2 aromatic heterocycles. The largest absolute Gasteiger partial charge is 0.345 e. The number of nitrogens with zero attached hydrogens (tertiary/aromatic N) is 2. The smallest absolute Gasteiger partial charge is 0.123 e. The highest BCUT2D eigenvalue weighted by molar-refractivity contribution is 5.59. The molecule has 0 radical (unpaired) electrons. The highest BCUT2D eigenvalue weighted by Gasteiger charge is 2.20. The maximum Gasteiger partial charge on any atom is 0.123 e. The van der Waals surface area contributed by atoms with E-state index in [4.69, 9.17) is 0 Å². The van der Waals surface area contributed by atoms with E-state index in [0.717, 1.165) is 49.7 Å². The summed E-state index contributed by atoms with van der Waals surface area (Å²) < 4.78 is 0. The van der Waals surface area contributed by atoms with Crippen LogP contribution in [0.3, 0.4) is 0 Å². The van der Waals surface area contributed by atoms with Gasteiger partial charge >= 0.3 is 0 Å². The molecule has 0 amide bonds. The summed E-state index contributed by atoms with van der Waals surface area (Å²) in [5, 5.41) is 6.99. The van der Waals surface area contributed by atoms with Crippen molar-refractivity contribution in [3.8, 4) is 11.3 Å². The van der Waals surface area contributed by atoms with Gasteiger partial charge in [0.25, 0.3) is 0 Å². The SMILES string of the molecule is c1cc(-c2cnc([C@@H]3CCCN3)[nH]2)ccc1CCc1cnc([C@@H]2CCCN2)[nH]1. The minimum atomic E-state index is 0.381. The number of rotatable bonds is 6. The molecule has 0 aliphatic carbocycles. The number of nitrogens with one attached hydrogen (secondary N) is 4. The molecule has 0 saturated carbocycles. The lowest BCUT2D eigenvalue weighted by molar-refractivity contribution is 0.611. The topological polar surface area (TPSA) is 81.4 Å². The van der Waals surface area contributed by atoms with Crippen LogP contribution < -0.4 is 10.6 Å². The van der Waals surface area contributed by atoms with Gasteiger partial charge in [-0.1, -0.05) is 24.3 Å². The van der Waals surface area contributed by atoms with Crippen molar-refractivity contribution >= 4 is 0 Å². The maximum atomic E-state index is 4.57. The van der Waals surface area contributed by atoms with Gasteiger partial charge in [0.1, 0.15) is 11.6 Å². The van der Waals surface area contributed by atoms with E-state index in [0.29, 0.717) is 12.1 Å². The van der Waals surface area contributed by atoms with E-state index in [1.54, 1.807) is 0 Å². The first-order valence-corrected chi connectivity index (χ1v) is 10.5. The van der Waals surface area contributed by atoms with Crippen molar-refractivity contribution in [2.45, 2.75) is 50.6 Å². The molecule has 2 atom stereocenters. The van der Waals surface area contributed by atoms with Gasteiger partial charge in [-0.3, -0.25) is 0 Å². The Hall–Kier alpha value is -2.44. The van der Waals surface area contributed by atoms with Crippen LogP contribution in [0.15, 0.2) is 36.7 Å². The number of hydrogen-bond donors (Lipinski definition) is 4. The van der Waals surface area contributed by atoms with Crippen molar-refractivity contribution in [3.05, 3.63) is 59.6 Å². The molecule has 2 fully saturated rings. The van der Waals surface area contributed by atoms with Crippen LogP contribution in [0.1, 0.15) is 60.7 Å². The summed E-state index contributed by atoms with van der Waals surface area (Å²) in [6.45, 7) is 2.19. The van der Waals surface area contributed by atoms with Crippen molar-refractivity contribution in [1.82, 2.24) is 30.6 Å².